The van der Waals surface area contributed by atoms with Gasteiger partial charge in [-0.3, -0.25) is 4.79 Å². The fraction of sp³-hybridized carbons (Fsp3) is 0.0500. The number of nitrogens with zero attached hydrogens (tertiary/aromatic N) is 1. The molecule has 1 aromatic heterocycles. The summed E-state index contributed by atoms with van der Waals surface area (Å²) in [7, 11) is 1.95. The molecule has 0 bridgehead atoms. The van der Waals surface area contributed by atoms with E-state index in [9.17, 15) is 4.79 Å². The fourth-order valence-corrected chi connectivity index (χ4v) is 2.99. The first-order chi connectivity index (χ1) is 11.2. The highest BCUT2D eigenvalue weighted by molar-refractivity contribution is 6.13. The number of aromatic nitrogens is 1. The predicted molar refractivity (Wildman–Crippen MR) is 94.8 cm³/mol. The second-order valence-corrected chi connectivity index (χ2v) is 5.69. The normalized spacial score (nSPS) is 11.0. The van der Waals surface area contributed by atoms with Gasteiger partial charge in [0.25, 0.3) is 5.91 Å². The molecule has 0 radical (unpaired) electrons. The van der Waals surface area contributed by atoms with Crippen LogP contribution >= 0.6 is 0 Å². The topological polar surface area (TPSA) is 34.0 Å². The third kappa shape index (κ3) is 2.36. The van der Waals surface area contributed by atoms with Crippen LogP contribution in [0.5, 0.6) is 0 Å². The highest BCUT2D eigenvalue weighted by Gasteiger charge is 2.13. The van der Waals surface area contributed by atoms with Gasteiger partial charge in [0.1, 0.15) is 0 Å². The van der Waals surface area contributed by atoms with E-state index in [0.29, 0.717) is 5.56 Å². The van der Waals surface area contributed by atoms with Crippen LogP contribution < -0.4 is 5.32 Å². The Kier molecular flexibility index (Phi) is 3.12. The van der Waals surface area contributed by atoms with Crippen molar-refractivity contribution in [2.75, 3.05) is 5.32 Å². The van der Waals surface area contributed by atoms with E-state index >= 15 is 0 Å². The van der Waals surface area contributed by atoms with Crippen LogP contribution in [0.3, 0.4) is 0 Å². The van der Waals surface area contributed by atoms with Crippen molar-refractivity contribution >= 4 is 33.3 Å². The molecule has 0 aliphatic rings. The van der Waals surface area contributed by atoms with Gasteiger partial charge < -0.3 is 9.88 Å². The lowest BCUT2D eigenvalue weighted by Gasteiger charge is -2.06. The highest BCUT2D eigenvalue weighted by atomic mass is 16.1. The average molecular weight is 300 g/mol. The van der Waals surface area contributed by atoms with E-state index in [2.05, 4.69) is 11.4 Å². The Morgan fingerprint density at radius 3 is 2.52 bits per heavy atom. The molecule has 1 heterocycles. The molecule has 4 aromatic rings. The van der Waals surface area contributed by atoms with Crippen molar-refractivity contribution < 1.29 is 4.79 Å². The first-order valence-electron chi connectivity index (χ1n) is 7.56. The number of carbonyl (C=O) groups is 1. The Morgan fingerprint density at radius 1 is 0.913 bits per heavy atom. The maximum absolute atomic E-state index is 12.7. The van der Waals surface area contributed by atoms with E-state index in [-0.39, 0.29) is 5.91 Å². The zero-order valence-electron chi connectivity index (χ0n) is 12.8. The van der Waals surface area contributed by atoms with Crippen LogP contribution in [0.1, 0.15) is 10.4 Å². The van der Waals surface area contributed by atoms with Crippen molar-refractivity contribution in [1.82, 2.24) is 4.57 Å². The summed E-state index contributed by atoms with van der Waals surface area (Å²) in [6.45, 7) is 0. The summed E-state index contributed by atoms with van der Waals surface area (Å²) in [6, 6.07) is 22.0. The largest absolute Gasteiger partial charge is 0.350 e. The second-order valence-electron chi connectivity index (χ2n) is 5.69. The molecule has 4 rings (SSSR count). The van der Waals surface area contributed by atoms with Crippen LogP contribution in [0.4, 0.5) is 5.69 Å². The van der Waals surface area contributed by atoms with E-state index in [1.165, 1.54) is 0 Å². The lowest BCUT2D eigenvalue weighted by atomic mass is 10.1. The number of fused-ring (bicyclic) bond motifs is 2. The minimum absolute atomic E-state index is 0.0860. The van der Waals surface area contributed by atoms with Gasteiger partial charge in [-0.1, -0.05) is 48.5 Å². The molecule has 23 heavy (non-hydrogen) atoms. The molecule has 0 saturated heterocycles. The third-order valence-corrected chi connectivity index (χ3v) is 4.15. The summed E-state index contributed by atoms with van der Waals surface area (Å²) < 4.78 is 1.98. The Hall–Kier alpha value is -3.07. The zero-order valence-corrected chi connectivity index (χ0v) is 12.8. The number of carbonyl (C=O) groups excluding carboxylic acids is 1. The maximum atomic E-state index is 12.7. The summed E-state index contributed by atoms with van der Waals surface area (Å²) in [5, 5.41) is 6.25. The van der Waals surface area contributed by atoms with Gasteiger partial charge in [-0.2, -0.15) is 0 Å². The zero-order chi connectivity index (χ0) is 15.8. The molecule has 0 atom stereocenters. The van der Waals surface area contributed by atoms with E-state index < -0.39 is 0 Å². The minimum atomic E-state index is -0.0860. The van der Waals surface area contributed by atoms with Gasteiger partial charge in [0.2, 0.25) is 0 Å². The van der Waals surface area contributed by atoms with Crippen molar-refractivity contribution in [2.45, 2.75) is 0 Å². The van der Waals surface area contributed by atoms with Crippen LogP contribution in [0.2, 0.25) is 0 Å². The van der Waals surface area contributed by atoms with Crippen LogP contribution in [0, 0.1) is 0 Å². The molecular formula is C20H16N2O. The van der Waals surface area contributed by atoms with Crippen molar-refractivity contribution in [2.24, 2.45) is 7.05 Å². The lowest BCUT2D eigenvalue weighted by Crippen LogP contribution is -2.11. The number of hydrogen-bond donors (Lipinski definition) is 1. The highest BCUT2D eigenvalue weighted by Crippen LogP contribution is 2.23. The summed E-state index contributed by atoms with van der Waals surface area (Å²) in [5.74, 6) is -0.0860. The summed E-state index contributed by atoms with van der Waals surface area (Å²) in [6.07, 6.45) is 1.88. The van der Waals surface area contributed by atoms with Crippen molar-refractivity contribution in [3.8, 4) is 0 Å². The molecule has 0 saturated carbocycles. The lowest BCUT2D eigenvalue weighted by molar-refractivity contribution is 0.102. The van der Waals surface area contributed by atoms with Crippen LogP contribution in [-0.2, 0) is 7.05 Å². The van der Waals surface area contributed by atoms with Crippen molar-refractivity contribution in [1.29, 1.82) is 0 Å². The molecule has 0 aliphatic carbocycles. The van der Waals surface area contributed by atoms with Gasteiger partial charge in [-0.05, 0) is 29.0 Å². The number of hydrogen-bond acceptors (Lipinski definition) is 1. The number of rotatable bonds is 2. The Balaban J connectivity index is 1.70. The van der Waals surface area contributed by atoms with Gasteiger partial charge in [0.05, 0.1) is 5.56 Å². The smallest absolute Gasteiger partial charge is 0.257 e. The van der Waals surface area contributed by atoms with Gasteiger partial charge in [-0.15, -0.1) is 0 Å². The predicted octanol–water partition coefficient (Wildman–Crippen LogP) is 4.58. The average Bonchev–Trinajstić information content (AvgIpc) is 2.92. The first-order valence-corrected chi connectivity index (χ1v) is 7.56. The number of aryl methyl sites for hydroxylation is 1. The number of para-hydroxylation sites is 1. The molecule has 3 nitrogen and oxygen atoms in total. The van der Waals surface area contributed by atoms with Gasteiger partial charge in [-0.25, -0.2) is 0 Å². The molecule has 3 heteroatoms. The number of nitrogens with one attached hydrogen (secondary N) is 1. The molecule has 0 spiro atoms. The maximum Gasteiger partial charge on any atom is 0.257 e. The molecule has 1 amide bonds. The minimum Gasteiger partial charge on any atom is -0.350 e. The standard InChI is InChI=1S/C20H16N2O/c1-22-13-18(17-8-4-5-9-19(17)22)20(23)21-16-11-10-14-6-2-3-7-15(14)12-16/h2-13H,1H3,(H,21,23). The van der Waals surface area contributed by atoms with E-state index in [4.69, 9.17) is 0 Å². The Bertz CT molecular complexity index is 1030. The number of amides is 1. The van der Waals surface area contributed by atoms with Gasteiger partial charge in [0, 0.05) is 29.8 Å². The van der Waals surface area contributed by atoms with E-state index in [0.717, 1.165) is 27.4 Å². The van der Waals surface area contributed by atoms with Crippen LogP contribution in [-0.4, -0.2) is 10.5 Å². The molecule has 0 fully saturated rings. The van der Waals surface area contributed by atoms with Crippen molar-refractivity contribution in [3.63, 3.8) is 0 Å². The molecule has 3 aromatic carbocycles. The summed E-state index contributed by atoms with van der Waals surface area (Å²) in [5.41, 5.74) is 2.55. The van der Waals surface area contributed by atoms with E-state index in [1.807, 2.05) is 78.5 Å². The van der Waals surface area contributed by atoms with Crippen LogP contribution in [0.15, 0.2) is 72.9 Å². The number of anilines is 1. The first kappa shape index (κ1) is 13.6. The monoisotopic (exact) mass is 300 g/mol. The molecule has 0 aliphatic heterocycles. The number of benzene rings is 3. The molecular weight excluding hydrogens is 284 g/mol. The fourth-order valence-electron chi connectivity index (χ4n) is 2.99. The Labute approximate surface area is 134 Å². The SMILES string of the molecule is Cn1cc(C(=O)Nc2ccc3ccccc3c2)c2ccccc21. The molecule has 1 N–H and O–H groups in total. The van der Waals surface area contributed by atoms with Gasteiger partial charge in [0.15, 0.2) is 0 Å². The quantitative estimate of drug-likeness (QED) is 0.577. The summed E-state index contributed by atoms with van der Waals surface area (Å²) in [4.78, 5) is 12.7. The summed E-state index contributed by atoms with van der Waals surface area (Å²) >= 11 is 0. The van der Waals surface area contributed by atoms with Crippen molar-refractivity contribution in [3.05, 3.63) is 78.5 Å². The molecule has 112 valence electrons. The van der Waals surface area contributed by atoms with Gasteiger partial charge >= 0.3 is 0 Å². The van der Waals surface area contributed by atoms with E-state index in [1.54, 1.807) is 0 Å². The molecule has 0 unspecified atom stereocenters. The van der Waals surface area contributed by atoms with Crippen LogP contribution in [0.25, 0.3) is 21.7 Å². The third-order valence-electron chi connectivity index (χ3n) is 4.15. The second kappa shape index (κ2) is 5.29. The Morgan fingerprint density at radius 2 is 1.65 bits per heavy atom.